The minimum absolute atomic E-state index is 0.394. The topological polar surface area (TPSA) is 37.4 Å². The molecule has 0 aliphatic carbocycles. The maximum absolute atomic E-state index is 5.56. The Bertz CT molecular complexity index is 318. The van der Waals surface area contributed by atoms with E-state index in [0.717, 1.165) is 45.1 Å². The van der Waals surface area contributed by atoms with Gasteiger partial charge in [0.15, 0.2) is 0 Å². The zero-order valence-electron chi connectivity index (χ0n) is 10.4. The summed E-state index contributed by atoms with van der Waals surface area (Å²) in [5, 5.41) is 3.46. The van der Waals surface area contributed by atoms with E-state index in [2.05, 4.69) is 28.2 Å². The molecule has 2 heterocycles. The number of rotatable bonds is 5. The molecule has 1 aliphatic rings. The molecule has 2 rings (SSSR count). The van der Waals surface area contributed by atoms with Crippen LogP contribution in [0, 0.1) is 0 Å². The molecule has 1 saturated heterocycles. The van der Waals surface area contributed by atoms with Gasteiger partial charge in [0.2, 0.25) is 0 Å². The number of ether oxygens (including phenoxy) is 1. The SMILES string of the molecule is CCCNCC1COCCN1c1ccccn1. The van der Waals surface area contributed by atoms with Crippen molar-refractivity contribution in [2.75, 3.05) is 37.7 Å². The van der Waals surface area contributed by atoms with E-state index in [-0.39, 0.29) is 0 Å². The van der Waals surface area contributed by atoms with Crippen molar-refractivity contribution in [3.8, 4) is 0 Å². The number of anilines is 1. The quantitative estimate of drug-likeness (QED) is 0.780. The molecule has 1 fully saturated rings. The van der Waals surface area contributed by atoms with Crippen LogP contribution in [0.25, 0.3) is 0 Å². The lowest BCUT2D eigenvalue weighted by atomic mass is 10.2. The Kier molecular flexibility index (Phi) is 4.76. The first-order valence-corrected chi connectivity index (χ1v) is 6.38. The summed E-state index contributed by atoms with van der Waals surface area (Å²) in [6.07, 6.45) is 3.01. The van der Waals surface area contributed by atoms with Gasteiger partial charge < -0.3 is 15.0 Å². The second-order valence-corrected chi connectivity index (χ2v) is 4.31. The zero-order chi connectivity index (χ0) is 11.9. The van der Waals surface area contributed by atoms with E-state index in [1.807, 2.05) is 18.3 Å². The molecule has 0 amide bonds. The molecule has 0 radical (unpaired) electrons. The van der Waals surface area contributed by atoms with Crippen molar-refractivity contribution < 1.29 is 4.74 Å². The van der Waals surface area contributed by atoms with E-state index in [1.54, 1.807) is 0 Å². The summed E-state index contributed by atoms with van der Waals surface area (Å²) in [6, 6.07) is 6.45. The lowest BCUT2D eigenvalue weighted by Crippen LogP contribution is -2.51. The Labute approximate surface area is 103 Å². The molecule has 0 spiro atoms. The van der Waals surface area contributed by atoms with Crippen molar-refractivity contribution in [2.45, 2.75) is 19.4 Å². The van der Waals surface area contributed by atoms with Gasteiger partial charge in [0.25, 0.3) is 0 Å². The van der Waals surface area contributed by atoms with Gasteiger partial charge in [-0.1, -0.05) is 13.0 Å². The average molecular weight is 235 g/mol. The molecule has 1 aromatic heterocycles. The Morgan fingerprint density at radius 3 is 3.24 bits per heavy atom. The van der Waals surface area contributed by atoms with Crippen LogP contribution in [0.3, 0.4) is 0 Å². The van der Waals surface area contributed by atoms with E-state index < -0.39 is 0 Å². The minimum atomic E-state index is 0.394. The first kappa shape index (κ1) is 12.3. The molecule has 0 bridgehead atoms. The molecular formula is C13H21N3O. The first-order valence-electron chi connectivity index (χ1n) is 6.38. The Morgan fingerprint density at radius 2 is 2.47 bits per heavy atom. The predicted octanol–water partition coefficient (Wildman–Crippen LogP) is 1.29. The van der Waals surface area contributed by atoms with Crippen LogP contribution in [0.2, 0.25) is 0 Å². The van der Waals surface area contributed by atoms with Crippen LogP contribution in [0.15, 0.2) is 24.4 Å². The van der Waals surface area contributed by atoms with E-state index in [9.17, 15) is 0 Å². The summed E-state index contributed by atoms with van der Waals surface area (Å²) in [4.78, 5) is 6.76. The number of nitrogens with zero attached hydrogens (tertiary/aromatic N) is 2. The maximum Gasteiger partial charge on any atom is 0.128 e. The summed E-state index contributed by atoms with van der Waals surface area (Å²) in [7, 11) is 0. The highest BCUT2D eigenvalue weighted by atomic mass is 16.5. The van der Waals surface area contributed by atoms with Crippen LogP contribution in [0.1, 0.15) is 13.3 Å². The van der Waals surface area contributed by atoms with Gasteiger partial charge in [0.05, 0.1) is 19.3 Å². The first-order chi connectivity index (χ1) is 8.42. The van der Waals surface area contributed by atoms with Crippen LogP contribution in [-0.4, -0.2) is 43.9 Å². The molecule has 1 aliphatic heterocycles. The fourth-order valence-corrected chi connectivity index (χ4v) is 2.09. The summed E-state index contributed by atoms with van der Waals surface area (Å²) in [5.74, 6) is 1.05. The highest BCUT2D eigenvalue weighted by Crippen LogP contribution is 2.15. The monoisotopic (exact) mass is 235 g/mol. The smallest absolute Gasteiger partial charge is 0.128 e. The molecule has 4 nitrogen and oxygen atoms in total. The molecule has 17 heavy (non-hydrogen) atoms. The number of aromatic nitrogens is 1. The molecule has 0 saturated carbocycles. The van der Waals surface area contributed by atoms with Gasteiger partial charge in [-0.3, -0.25) is 0 Å². The highest BCUT2D eigenvalue weighted by Gasteiger charge is 2.23. The molecule has 94 valence electrons. The predicted molar refractivity (Wildman–Crippen MR) is 69.4 cm³/mol. The normalized spacial score (nSPS) is 20.5. The van der Waals surface area contributed by atoms with Gasteiger partial charge in [0.1, 0.15) is 5.82 Å². The largest absolute Gasteiger partial charge is 0.377 e. The summed E-state index contributed by atoms with van der Waals surface area (Å²) >= 11 is 0. The van der Waals surface area contributed by atoms with Crippen molar-refractivity contribution in [1.82, 2.24) is 10.3 Å². The van der Waals surface area contributed by atoms with Gasteiger partial charge in [-0.25, -0.2) is 4.98 Å². The molecule has 1 atom stereocenters. The van der Waals surface area contributed by atoms with Gasteiger partial charge in [-0.2, -0.15) is 0 Å². The molecule has 1 aromatic rings. The third kappa shape index (κ3) is 3.41. The van der Waals surface area contributed by atoms with Gasteiger partial charge in [0, 0.05) is 19.3 Å². The van der Waals surface area contributed by atoms with E-state index in [0.29, 0.717) is 6.04 Å². The fraction of sp³-hybridized carbons (Fsp3) is 0.615. The van der Waals surface area contributed by atoms with Crippen LogP contribution in [-0.2, 0) is 4.74 Å². The van der Waals surface area contributed by atoms with Crippen LogP contribution < -0.4 is 10.2 Å². The number of hydrogen-bond donors (Lipinski definition) is 1. The third-order valence-electron chi connectivity index (χ3n) is 2.98. The number of nitrogens with one attached hydrogen (secondary N) is 1. The van der Waals surface area contributed by atoms with E-state index >= 15 is 0 Å². The van der Waals surface area contributed by atoms with Crippen molar-refractivity contribution in [2.24, 2.45) is 0 Å². The molecule has 1 unspecified atom stereocenters. The Hall–Kier alpha value is -1.13. The fourth-order valence-electron chi connectivity index (χ4n) is 2.09. The Morgan fingerprint density at radius 1 is 1.53 bits per heavy atom. The van der Waals surface area contributed by atoms with E-state index in [4.69, 9.17) is 4.74 Å². The Balaban J connectivity index is 1.97. The van der Waals surface area contributed by atoms with Crippen molar-refractivity contribution in [3.63, 3.8) is 0 Å². The summed E-state index contributed by atoms with van der Waals surface area (Å²) in [5.41, 5.74) is 0. The van der Waals surface area contributed by atoms with Gasteiger partial charge in [-0.05, 0) is 25.1 Å². The van der Waals surface area contributed by atoms with E-state index in [1.165, 1.54) is 0 Å². The second kappa shape index (κ2) is 6.57. The highest BCUT2D eigenvalue weighted by molar-refractivity contribution is 5.39. The lowest BCUT2D eigenvalue weighted by molar-refractivity contribution is 0.0934. The lowest BCUT2D eigenvalue weighted by Gasteiger charge is -2.36. The molecule has 1 N–H and O–H groups in total. The zero-order valence-corrected chi connectivity index (χ0v) is 10.4. The van der Waals surface area contributed by atoms with Crippen molar-refractivity contribution >= 4 is 5.82 Å². The summed E-state index contributed by atoms with van der Waals surface area (Å²) in [6.45, 7) is 6.71. The van der Waals surface area contributed by atoms with Gasteiger partial charge in [-0.15, -0.1) is 0 Å². The third-order valence-corrected chi connectivity index (χ3v) is 2.98. The molecular weight excluding hydrogens is 214 g/mol. The number of pyridine rings is 1. The van der Waals surface area contributed by atoms with Crippen molar-refractivity contribution in [1.29, 1.82) is 0 Å². The van der Waals surface area contributed by atoms with Crippen molar-refractivity contribution in [3.05, 3.63) is 24.4 Å². The van der Waals surface area contributed by atoms with Crippen LogP contribution in [0.4, 0.5) is 5.82 Å². The molecule has 0 aromatic carbocycles. The van der Waals surface area contributed by atoms with Crippen LogP contribution >= 0.6 is 0 Å². The molecule has 4 heteroatoms. The minimum Gasteiger partial charge on any atom is -0.377 e. The number of morpholine rings is 1. The number of hydrogen-bond acceptors (Lipinski definition) is 4. The van der Waals surface area contributed by atoms with Crippen LogP contribution in [0.5, 0.6) is 0 Å². The average Bonchev–Trinajstić information content (AvgIpc) is 2.41. The maximum atomic E-state index is 5.56. The standard InChI is InChI=1S/C13H21N3O/c1-2-6-14-10-12-11-17-9-8-16(12)13-5-3-4-7-15-13/h3-5,7,12,14H,2,6,8-11H2,1H3. The van der Waals surface area contributed by atoms with Gasteiger partial charge >= 0.3 is 0 Å². The summed E-state index contributed by atoms with van der Waals surface area (Å²) < 4.78 is 5.56. The second-order valence-electron chi connectivity index (χ2n) is 4.31.